The van der Waals surface area contributed by atoms with Gasteiger partial charge < -0.3 is 45.4 Å². The van der Waals surface area contributed by atoms with Gasteiger partial charge in [0.05, 0.1) is 18.8 Å². The molecule has 11 heteroatoms. The van der Waals surface area contributed by atoms with E-state index in [4.69, 9.17) is 9.47 Å². The molecule has 0 unspecified atom stereocenters. The Morgan fingerprint density at radius 2 is 0.881 bits per heavy atom. The van der Waals surface area contributed by atoms with E-state index in [9.17, 15) is 40.2 Å². The van der Waals surface area contributed by atoms with E-state index < -0.39 is 61.5 Å². The zero-order valence-corrected chi connectivity index (χ0v) is 37.9. The normalized spacial score (nSPS) is 21.0. The van der Waals surface area contributed by atoms with E-state index in [0.717, 1.165) is 38.5 Å². The van der Waals surface area contributed by atoms with E-state index in [1.54, 1.807) is 0 Å². The van der Waals surface area contributed by atoms with Gasteiger partial charge in [-0.25, -0.2) is 4.79 Å². The Kier molecular flexibility index (Phi) is 36.2. The van der Waals surface area contributed by atoms with Gasteiger partial charge in [0.15, 0.2) is 12.4 Å². The van der Waals surface area contributed by atoms with Gasteiger partial charge in [-0.2, -0.15) is 0 Å². The molecule has 0 saturated carbocycles. The molecule has 0 aliphatic carbocycles. The number of aliphatic hydroxyl groups is 5. The van der Waals surface area contributed by atoms with Crippen LogP contribution in [0.25, 0.3) is 0 Å². The maximum Gasteiger partial charge on any atom is 0.335 e. The first-order valence-electron chi connectivity index (χ1n) is 24.8. The van der Waals surface area contributed by atoms with E-state index in [0.29, 0.717) is 19.3 Å². The largest absolute Gasteiger partial charge is 0.479 e. The molecule has 7 N–H and O–H groups in total. The minimum atomic E-state index is -1.87. The molecule has 8 atom stereocenters. The Labute approximate surface area is 360 Å². The van der Waals surface area contributed by atoms with Crippen molar-refractivity contribution in [3.05, 3.63) is 0 Å². The van der Waals surface area contributed by atoms with Crippen LogP contribution in [0.5, 0.6) is 0 Å². The van der Waals surface area contributed by atoms with Crippen LogP contribution in [-0.4, -0.2) is 98.1 Å². The van der Waals surface area contributed by atoms with E-state index in [1.165, 1.54) is 161 Å². The number of amides is 1. The molecule has 59 heavy (non-hydrogen) atoms. The number of aliphatic carboxylic acids is 1. The highest BCUT2D eigenvalue weighted by Crippen LogP contribution is 2.24. The number of hydrogen-bond acceptors (Lipinski definition) is 9. The SMILES string of the molecule is CCCCCCCCCCCCCCCCCCCCCCCC(=O)N[C@@H](CO[C@H]1O[C@H](C(=O)O)[C@@H](O)[C@H](O)[C@H]1O)[C@H](O)[C@H](O)CCCCCCCCCCCCCC. The average molecular weight is 844 g/mol. The van der Waals surface area contributed by atoms with E-state index >= 15 is 0 Å². The third-order valence-corrected chi connectivity index (χ3v) is 12.3. The zero-order valence-electron chi connectivity index (χ0n) is 37.9. The maximum absolute atomic E-state index is 13.0. The Hall–Kier alpha value is -1.34. The number of carbonyl (C=O) groups is 2. The molecule has 1 saturated heterocycles. The van der Waals surface area contributed by atoms with Gasteiger partial charge >= 0.3 is 5.97 Å². The van der Waals surface area contributed by atoms with Gasteiger partial charge in [-0.3, -0.25) is 4.79 Å². The molecule has 0 radical (unpaired) electrons. The van der Waals surface area contributed by atoms with Crippen molar-refractivity contribution in [1.29, 1.82) is 0 Å². The predicted octanol–water partition coefficient (Wildman–Crippen LogP) is 9.80. The zero-order chi connectivity index (χ0) is 43.4. The van der Waals surface area contributed by atoms with Crippen LogP contribution in [0.1, 0.15) is 239 Å². The fraction of sp³-hybridized carbons (Fsp3) is 0.958. The lowest BCUT2D eigenvalue weighted by Gasteiger charge is -2.39. The smallest absolute Gasteiger partial charge is 0.335 e. The highest BCUT2D eigenvalue weighted by molar-refractivity contribution is 5.76. The topological polar surface area (TPSA) is 186 Å². The van der Waals surface area contributed by atoms with Gasteiger partial charge in [0.25, 0.3) is 0 Å². The number of carboxylic acids is 1. The second-order valence-corrected chi connectivity index (χ2v) is 17.8. The molecule has 1 heterocycles. The van der Waals surface area contributed by atoms with Gasteiger partial charge in [0, 0.05) is 6.42 Å². The Morgan fingerprint density at radius 1 is 0.525 bits per heavy atom. The summed E-state index contributed by atoms with van der Waals surface area (Å²) in [5.41, 5.74) is 0. The van der Waals surface area contributed by atoms with Crippen LogP contribution in [0.4, 0.5) is 0 Å². The van der Waals surface area contributed by atoms with Crippen LogP contribution in [0.15, 0.2) is 0 Å². The van der Waals surface area contributed by atoms with Gasteiger partial charge in [-0.05, 0) is 12.8 Å². The van der Waals surface area contributed by atoms with Gasteiger partial charge in [-0.15, -0.1) is 0 Å². The Balaban J connectivity index is 2.34. The monoisotopic (exact) mass is 844 g/mol. The average Bonchev–Trinajstić information content (AvgIpc) is 3.22. The molecule has 350 valence electrons. The number of nitrogens with one attached hydrogen (secondary N) is 1. The fourth-order valence-corrected chi connectivity index (χ4v) is 8.24. The molecule has 1 aliphatic heterocycles. The van der Waals surface area contributed by atoms with Crippen LogP contribution < -0.4 is 5.32 Å². The molecule has 0 aromatic heterocycles. The minimum Gasteiger partial charge on any atom is -0.479 e. The summed E-state index contributed by atoms with van der Waals surface area (Å²) in [4.78, 5) is 24.6. The number of hydrogen-bond donors (Lipinski definition) is 7. The quantitative estimate of drug-likeness (QED) is 0.0292. The first kappa shape index (κ1) is 55.7. The van der Waals surface area contributed by atoms with Crippen molar-refractivity contribution >= 4 is 11.9 Å². The summed E-state index contributed by atoms with van der Waals surface area (Å²) in [5.74, 6) is -1.85. The van der Waals surface area contributed by atoms with Gasteiger partial charge in [-0.1, -0.05) is 219 Å². The Bertz CT molecular complexity index is 972. The summed E-state index contributed by atoms with van der Waals surface area (Å²) in [6.07, 6.45) is 30.1. The highest BCUT2D eigenvalue weighted by atomic mass is 16.7. The summed E-state index contributed by atoms with van der Waals surface area (Å²) < 4.78 is 10.8. The number of carboxylic acid groups (broad SMARTS) is 1. The first-order chi connectivity index (χ1) is 28.6. The lowest BCUT2D eigenvalue weighted by Crippen LogP contribution is -2.61. The summed E-state index contributed by atoms with van der Waals surface area (Å²) in [6, 6.07) is -1.08. The molecule has 1 fully saturated rings. The van der Waals surface area contributed by atoms with Crippen molar-refractivity contribution in [2.75, 3.05) is 6.61 Å². The molecule has 1 aliphatic rings. The molecule has 0 aromatic carbocycles. The second kappa shape index (κ2) is 38.3. The molecule has 1 rings (SSSR count). The summed E-state index contributed by atoms with van der Waals surface area (Å²) >= 11 is 0. The molecular formula is C48H93NO10. The molecule has 0 bridgehead atoms. The maximum atomic E-state index is 13.0. The predicted molar refractivity (Wildman–Crippen MR) is 237 cm³/mol. The molecule has 1 amide bonds. The number of aliphatic hydroxyl groups excluding tert-OH is 5. The lowest BCUT2D eigenvalue weighted by molar-refractivity contribution is -0.296. The van der Waals surface area contributed by atoms with Crippen LogP contribution in [-0.2, 0) is 19.1 Å². The molecular weight excluding hydrogens is 751 g/mol. The number of unbranched alkanes of at least 4 members (excludes halogenated alkanes) is 31. The van der Waals surface area contributed by atoms with E-state index in [2.05, 4.69) is 19.2 Å². The highest BCUT2D eigenvalue weighted by Gasteiger charge is 2.48. The van der Waals surface area contributed by atoms with Crippen LogP contribution >= 0.6 is 0 Å². The third-order valence-electron chi connectivity index (χ3n) is 12.3. The van der Waals surface area contributed by atoms with Crippen molar-refractivity contribution in [1.82, 2.24) is 5.32 Å². The first-order valence-corrected chi connectivity index (χ1v) is 24.8. The summed E-state index contributed by atoms with van der Waals surface area (Å²) in [7, 11) is 0. The van der Waals surface area contributed by atoms with Gasteiger partial charge in [0.1, 0.15) is 24.4 Å². The van der Waals surface area contributed by atoms with Crippen LogP contribution in [0.2, 0.25) is 0 Å². The van der Waals surface area contributed by atoms with Crippen LogP contribution in [0.3, 0.4) is 0 Å². The summed E-state index contributed by atoms with van der Waals surface area (Å²) in [6.45, 7) is 4.08. The summed E-state index contributed by atoms with van der Waals surface area (Å²) in [5, 5.41) is 64.9. The second-order valence-electron chi connectivity index (χ2n) is 17.8. The van der Waals surface area contributed by atoms with E-state index in [-0.39, 0.29) is 12.3 Å². The fourth-order valence-electron chi connectivity index (χ4n) is 8.24. The van der Waals surface area contributed by atoms with Crippen molar-refractivity contribution in [2.24, 2.45) is 0 Å². The van der Waals surface area contributed by atoms with Crippen molar-refractivity contribution < 1.29 is 49.7 Å². The minimum absolute atomic E-state index is 0.242. The molecule has 0 spiro atoms. The lowest BCUT2D eigenvalue weighted by atomic mass is 9.98. The molecule has 11 nitrogen and oxygen atoms in total. The number of rotatable bonds is 42. The molecule has 0 aromatic rings. The number of ether oxygens (including phenoxy) is 2. The van der Waals surface area contributed by atoms with Crippen molar-refractivity contribution in [3.8, 4) is 0 Å². The standard InChI is InChI=1S/C48H93NO10/c1-3-5-7-9-11-13-15-17-18-19-20-21-22-23-24-25-27-29-31-33-35-37-41(51)49-39(38-58-48-45(55)43(53)44(54)46(59-48)47(56)57)42(52)40(50)36-34-32-30-28-26-16-14-12-10-8-6-4-2/h39-40,42-46,48,50,52-55H,3-38H2,1-2H3,(H,49,51)(H,56,57)/t39-,40+,42-,43-,44-,45+,46-,48-/m0/s1. The number of carbonyl (C=O) groups excluding carboxylic acids is 1. The Morgan fingerprint density at radius 3 is 1.25 bits per heavy atom. The van der Waals surface area contributed by atoms with Crippen LogP contribution in [0, 0.1) is 0 Å². The van der Waals surface area contributed by atoms with Crippen molar-refractivity contribution in [2.45, 2.75) is 288 Å². The van der Waals surface area contributed by atoms with E-state index in [1.807, 2.05) is 0 Å². The van der Waals surface area contributed by atoms with Crippen molar-refractivity contribution in [3.63, 3.8) is 0 Å². The third kappa shape index (κ3) is 28.8. The van der Waals surface area contributed by atoms with Gasteiger partial charge in [0.2, 0.25) is 5.91 Å².